The van der Waals surface area contributed by atoms with Crippen molar-refractivity contribution in [2.75, 3.05) is 19.8 Å². The summed E-state index contributed by atoms with van der Waals surface area (Å²) in [6.45, 7) is 2.52. The molecular weight excluding hydrogens is 180 g/mol. The molecular formula is C10H18N2O2. The van der Waals surface area contributed by atoms with Crippen molar-refractivity contribution in [1.29, 1.82) is 0 Å². The lowest BCUT2D eigenvalue weighted by molar-refractivity contribution is 0.0578. The lowest BCUT2D eigenvalue weighted by Crippen LogP contribution is -2.44. The molecule has 1 fully saturated rings. The molecule has 0 aromatic heterocycles. The van der Waals surface area contributed by atoms with Gasteiger partial charge in [0, 0.05) is 25.7 Å². The molecule has 4 nitrogen and oxygen atoms in total. The van der Waals surface area contributed by atoms with Gasteiger partial charge in [0.15, 0.2) is 0 Å². The van der Waals surface area contributed by atoms with Gasteiger partial charge in [-0.2, -0.15) is 0 Å². The summed E-state index contributed by atoms with van der Waals surface area (Å²) in [4.78, 5) is 0. The quantitative estimate of drug-likeness (QED) is 0.513. The highest BCUT2D eigenvalue weighted by molar-refractivity contribution is 5.13. The smallest absolute Gasteiger partial charge is 0.0912 e. The van der Waals surface area contributed by atoms with Gasteiger partial charge in [0.2, 0.25) is 0 Å². The van der Waals surface area contributed by atoms with Crippen LogP contribution in [0.5, 0.6) is 0 Å². The molecule has 0 amide bonds. The molecule has 2 rings (SSSR count). The Hall–Kier alpha value is -0.580. The Labute approximate surface area is 84.4 Å². The fraction of sp³-hybridized carbons (Fsp3) is 0.800. The summed E-state index contributed by atoms with van der Waals surface area (Å²) in [5.41, 5.74) is 4.21. The van der Waals surface area contributed by atoms with E-state index in [0.717, 1.165) is 39.1 Å². The SMILES string of the molecule is NNC(C1=COCC1)C1CCOCC1. The molecule has 14 heavy (non-hydrogen) atoms. The minimum atomic E-state index is 0.279. The van der Waals surface area contributed by atoms with Crippen LogP contribution in [0, 0.1) is 5.92 Å². The molecule has 0 aliphatic carbocycles. The third kappa shape index (κ3) is 2.08. The fourth-order valence-electron chi connectivity index (χ4n) is 2.23. The third-order valence-corrected chi connectivity index (χ3v) is 3.06. The zero-order valence-electron chi connectivity index (χ0n) is 8.37. The van der Waals surface area contributed by atoms with Gasteiger partial charge in [-0.3, -0.25) is 11.3 Å². The molecule has 0 aromatic carbocycles. The molecule has 1 atom stereocenters. The van der Waals surface area contributed by atoms with Crippen molar-refractivity contribution in [1.82, 2.24) is 5.43 Å². The van der Waals surface area contributed by atoms with Crippen LogP contribution in [-0.4, -0.2) is 25.9 Å². The van der Waals surface area contributed by atoms with E-state index >= 15 is 0 Å². The molecule has 2 heterocycles. The van der Waals surface area contributed by atoms with Gasteiger partial charge in [0.05, 0.1) is 12.9 Å². The average Bonchev–Trinajstić information content (AvgIpc) is 2.74. The van der Waals surface area contributed by atoms with Gasteiger partial charge >= 0.3 is 0 Å². The summed E-state index contributed by atoms with van der Waals surface area (Å²) < 4.78 is 10.6. The van der Waals surface area contributed by atoms with Crippen molar-refractivity contribution in [3.8, 4) is 0 Å². The maximum absolute atomic E-state index is 5.60. The highest BCUT2D eigenvalue weighted by Gasteiger charge is 2.27. The Morgan fingerprint density at radius 2 is 2.14 bits per heavy atom. The lowest BCUT2D eigenvalue weighted by Gasteiger charge is -2.30. The minimum absolute atomic E-state index is 0.279. The minimum Gasteiger partial charge on any atom is -0.501 e. The number of hydrogen-bond acceptors (Lipinski definition) is 4. The Morgan fingerprint density at radius 3 is 2.71 bits per heavy atom. The van der Waals surface area contributed by atoms with Gasteiger partial charge in [0.25, 0.3) is 0 Å². The lowest BCUT2D eigenvalue weighted by atomic mass is 9.87. The standard InChI is InChI=1S/C10H18N2O2/c11-12-10(9-3-6-14-7-9)8-1-4-13-5-2-8/h7-8,10,12H,1-6,11H2. The van der Waals surface area contributed by atoms with Gasteiger partial charge in [-0.1, -0.05) is 0 Å². The molecule has 4 heteroatoms. The summed E-state index contributed by atoms with van der Waals surface area (Å²) in [5, 5.41) is 0. The van der Waals surface area contributed by atoms with E-state index in [1.807, 2.05) is 6.26 Å². The molecule has 0 saturated carbocycles. The Morgan fingerprint density at radius 1 is 1.36 bits per heavy atom. The van der Waals surface area contributed by atoms with E-state index in [-0.39, 0.29) is 6.04 Å². The first-order chi connectivity index (χ1) is 6.92. The predicted octanol–water partition coefficient (Wildman–Crippen LogP) is 0.549. The van der Waals surface area contributed by atoms with Crippen molar-refractivity contribution in [2.45, 2.75) is 25.3 Å². The summed E-state index contributed by atoms with van der Waals surface area (Å²) in [7, 11) is 0. The molecule has 1 unspecified atom stereocenters. The molecule has 1 saturated heterocycles. The van der Waals surface area contributed by atoms with Crippen LogP contribution in [0.2, 0.25) is 0 Å². The summed E-state index contributed by atoms with van der Waals surface area (Å²) >= 11 is 0. The second kappa shape index (κ2) is 4.77. The van der Waals surface area contributed by atoms with E-state index in [9.17, 15) is 0 Å². The molecule has 2 aliphatic rings. The van der Waals surface area contributed by atoms with E-state index < -0.39 is 0 Å². The highest BCUT2D eigenvalue weighted by Crippen LogP contribution is 2.26. The monoisotopic (exact) mass is 198 g/mol. The highest BCUT2D eigenvalue weighted by atomic mass is 16.5. The van der Waals surface area contributed by atoms with Crippen LogP contribution in [0.3, 0.4) is 0 Å². The summed E-state index contributed by atoms with van der Waals surface area (Å²) in [6.07, 6.45) is 5.05. The van der Waals surface area contributed by atoms with Crippen LogP contribution in [-0.2, 0) is 9.47 Å². The zero-order valence-corrected chi connectivity index (χ0v) is 8.37. The second-order valence-electron chi connectivity index (χ2n) is 3.91. The van der Waals surface area contributed by atoms with Crippen LogP contribution < -0.4 is 11.3 Å². The molecule has 0 aromatic rings. The number of hydrogen-bond donors (Lipinski definition) is 2. The number of hydrazine groups is 1. The largest absolute Gasteiger partial charge is 0.501 e. The molecule has 80 valence electrons. The number of nitrogens with two attached hydrogens (primary N) is 1. The number of ether oxygens (including phenoxy) is 2. The van der Waals surface area contributed by atoms with E-state index in [0.29, 0.717) is 5.92 Å². The fourth-order valence-corrected chi connectivity index (χ4v) is 2.23. The summed E-state index contributed by atoms with van der Waals surface area (Å²) in [6, 6.07) is 0.279. The Balaban J connectivity index is 1.96. The molecule has 0 bridgehead atoms. The second-order valence-corrected chi connectivity index (χ2v) is 3.91. The van der Waals surface area contributed by atoms with Crippen molar-refractivity contribution in [3.63, 3.8) is 0 Å². The normalized spacial score (nSPS) is 25.6. The molecule has 3 N–H and O–H groups in total. The van der Waals surface area contributed by atoms with Gasteiger partial charge < -0.3 is 9.47 Å². The van der Waals surface area contributed by atoms with Crippen molar-refractivity contribution >= 4 is 0 Å². The van der Waals surface area contributed by atoms with Crippen molar-refractivity contribution in [2.24, 2.45) is 11.8 Å². The third-order valence-electron chi connectivity index (χ3n) is 3.06. The maximum atomic E-state index is 5.60. The molecule has 2 aliphatic heterocycles. The Kier molecular flexibility index (Phi) is 3.39. The van der Waals surface area contributed by atoms with Gasteiger partial charge in [0.1, 0.15) is 0 Å². The van der Waals surface area contributed by atoms with E-state index in [2.05, 4.69) is 5.43 Å². The van der Waals surface area contributed by atoms with E-state index in [4.69, 9.17) is 15.3 Å². The van der Waals surface area contributed by atoms with E-state index in [1.165, 1.54) is 5.57 Å². The first kappa shape index (κ1) is 9.96. The maximum Gasteiger partial charge on any atom is 0.0912 e. The van der Waals surface area contributed by atoms with Gasteiger partial charge in [-0.15, -0.1) is 0 Å². The van der Waals surface area contributed by atoms with Crippen LogP contribution in [0.15, 0.2) is 11.8 Å². The topological polar surface area (TPSA) is 56.5 Å². The number of rotatable bonds is 3. The van der Waals surface area contributed by atoms with E-state index in [1.54, 1.807) is 0 Å². The van der Waals surface area contributed by atoms with Crippen LogP contribution in [0.4, 0.5) is 0 Å². The first-order valence-electron chi connectivity index (χ1n) is 5.26. The Bertz CT molecular complexity index is 212. The van der Waals surface area contributed by atoms with Crippen LogP contribution >= 0.6 is 0 Å². The van der Waals surface area contributed by atoms with Crippen molar-refractivity contribution in [3.05, 3.63) is 11.8 Å². The molecule has 0 spiro atoms. The average molecular weight is 198 g/mol. The van der Waals surface area contributed by atoms with Gasteiger partial charge in [-0.25, -0.2) is 0 Å². The van der Waals surface area contributed by atoms with Gasteiger partial charge in [-0.05, 0) is 24.3 Å². The predicted molar refractivity (Wildman–Crippen MR) is 53.3 cm³/mol. The molecule has 0 radical (unpaired) electrons. The van der Waals surface area contributed by atoms with Crippen molar-refractivity contribution < 1.29 is 9.47 Å². The first-order valence-corrected chi connectivity index (χ1v) is 5.26. The van der Waals surface area contributed by atoms with Crippen LogP contribution in [0.25, 0.3) is 0 Å². The van der Waals surface area contributed by atoms with Crippen LogP contribution in [0.1, 0.15) is 19.3 Å². The number of nitrogens with one attached hydrogen (secondary N) is 1. The zero-order chi connectivity index (χ0) is 9.80. The summed E-state index contributed by atoms with van der Waals surface area (Å²) in [5.74, 6) is 6.20.